The Kier molecular flexibility index (Phi) is 9.25. The van der Waals surface area contributed by atoms with Crippen LogP contribution in [0.5, 0.6) is 0 Å². The lowest BCUT2D eigenvalue weighted by molar-refractivity contribution is -0.116. The number of nitrogens with one attached hydrogen (secondary N) is 2. The van der Waals surface area contributed by atoms with Crippen molar-refractivity contribution in [1.82, 2.24) is 0 Å². The van der Waals surface area contributed by atoms with Gasteiger partial charge in [-0.3, -0.25) is 4.79 Å². The fraction of sp³-hybridized carbons (Fsp3) is 0.435. The van der Waals surface area contributed by atoms with Gasteiger partial charge >= 0.3 is 0 Å². The molecule has 0 aliphatic heterocycles. The van der Waals surface area contributed by atoms with E-state index in [9.17, 15) is 4.79 Å². The summed E-state index contributed by atoms with van der Waals surface area (Å²) >= 11 is 0. The standard InChI is InChI=1S/C23H33N3O/c1-2-3-4-5-6-7-8-9-23(27)26-22-16-14-21(15-17-22)25-18-19-10-12-20(24)13-11-19/h10-17,25H,2-9,18,24H2,1H3,(H,26,27). The van der Waals surface area contributed by atoms with E-state index < -0.39 is 0 Å². The number of rotatable bonds is 12. The maximum absolute atomic E-state index is 12.0. The first-order valence-electron chi connectivity index (χ1n) is 10.2. The minimum absolute atomic E-state index is 0.103. The number of anilines is 3. The van der Waals surface area contributed by atoms with Gasteiger partial charge in [-0.25, -0.2) is 0 Å². The second-order valence-electron chi connectivity index (χ2n) is 7.09. The van der Waals surface area contributed by atoms with Crippen molar-refractivity contribution in [3.63, 3.8) is 0 Å². The Bertz CT molecular complexity index is 665. The van der Waals surface area contributed by atoms with E-state index in [0.717, 1.165) is 36.4 Å². The first-order chi connectivity index (χ1) is 13.2. The summed E-state index contributed by atoms with van der Waals surface area (Å²) in [5.74, 6) is 0.103. The summed E-state index contributed by atoms with van der Waals surface area (Å²) < 4.78 is 0. The fourth-order valence-electron chi connectivity index (χ4n) is 2.98. The molecule has 4 heteroatoms. The van der Waals surface area contributed by atoms with Gasteiger partial charge in [0.2, 0.25) is 5.91 Å². The van der Waals surface area contributed by atoms with Gasteiger partial charge < -0.3 is 16.4 Å². The molecular weight excluding hydrogens is 334 g/mol. The predicted octanol–water partition coefficient (Wildman–Crippen LogP) is 5.96. The molecule has 0 bridgehead atoms. The average molecular weight is 368 g/mol. The molecule has 0 unspecified atom stereocenters. The third kappa shape index (κ3) is 8.63. The summed E-state index contributed by atoms with van der Waals surface area (Å²) in [5.41, 5.74) is 9.52. The Labute approximate surface area is 163 Å². The minimum atomic E-state index is 0.103. The van der Waals surface area contributed by atoms with Crippen molar-refractivity contribution in [3.05, 3.63) is 54.1 Å². The molecule has 0 aliphatic carbocycles. The zero-order valence-corrected chi connectivity index (χ0v) is 16.5. The van der Waals surface area contributed by atoms with E-state index in [4.69, 9.17) is 5.73 Å². The van der Waals surface area contributed by atoms with E-state index in [1.54, 1.807) is 0 Å². The summed E-state index contributed by atoms with van der Waals surface area (Å²) in [4.78, 5) is 12.0. The molecule has 0 radical (unpaired) electrons. The van der Waals surface area contributed by atoms with Crippen molar-refractivity contribution in [2.75, 3.05) is 16.4 Å². The smallest absolute Gasteiger partial charge is 0.224 e. The van der Waals surface area contributed by atoms with Crippen LogP contribution >= 0.6 is 0 Å². The highest BCUT2D eigenvalue weighted by Gasteiger charge is 2.03. The van der Waals surface area contributed by atoms with Crippen molar-refractivity contribution in [3.8, 4) is 0 Å². The Morgan fingerprint density at radius 1 is 0.815 bits per heavy atom. The monoisotopic (exact) mass is 367 g/mol. The highest BCUT2D eigenvalue weighted by atomic mass is 16.1. The molecule has 146 valence electrons. The topological polar surface area (TPSA) is 67.2 Å². The number of amides is 1. The van der Waals surface area contributed by atoms with Crippen LogP contribution in [0.4, 0.5) is 17.1 Å². The van der Waals surface area contributed by atoms with Crippen LogP contribution in [0.25, 0.3) is 0 Å². The molecule has 0 heterocycles. The summed E-state index contributed by atoms with van der Waals surface area (Å²) in [6, 6.07) is 15.7. The van der Waals surface area contributed by atoms with E-state index in [1.807, 2.05) is 48.5 Å². The second kappa shape index (κ2) is 12.0. The van der Waals surface area contributed by atoms with Gasteiger partial charge in [-0.2, -0.15) is 0 Å². The predicted molar refractivity (Wildman–Crippen MR) is 116 cm³/mol. The lowest BCUT2D eigenvalue weighted by atomic mass is 10.1. The Balaban J connectivity index is 1.64. The van der Waals surface area contributed by atoms with Gasteiger partial charge in [-0.05, 0) is 48.4 Å². The van der Waals surface area contributed by atoms with E-state index in [2.05, 4.69) is 17.6 Å². The molecular formula is C23H33N3O. The van der Waals surface area contributed by atoms with Crippen molar-refractivity contribution < 1.29 is 4.79 Å². The van der Waals surface area contributed by atoms with E-state index in [-0.39, 0.29) is 5.91 Å². The molecule has 4 N–H and O–H groups in total. The summed E-state index contributed by atoms with van der Waals surface area (Å²) in [7, 11) is 0. The van der Waals surface area contributed by atoms with Gasteiger partial charge in [0.15, 0.2) is 0 Å². The minimum Gasteiger partial charge on any atom is -0.399 e. The van der Waals surface area contributed by atoms with Crippen LogP contribution in [0.2, 0.25) is 0 Å². The molecule has 2 aromatic rings. The van der Waals surface area contributed by atoms with E-state index >= 15 is 0 Å². The van der Waals surface area contributed by atoms with Crippen LogP contribution in [-0.2, 0) is 11.3 Å². The SMILES string of the molecule is CCCCCCCCCC(=O)Nc1ccc(NCc2ccc(N)cc2)cc1. The van der Waals surface area contributed by atoms with Crippen molar-refractivity contribution in [2.24, 2.45) is 0 Å². The third-order valence-corrected chi connectivity index (χ3v) is 4.65. The van der Waals surface area contributed by atoms with Gasteiger partial charge in [0.1, 0.15) is 0 Å². The Morgan fingerprint density at radius 2 is 1.41 bits per heavy atom. The van der Waals surface area contributed by atoms with Crippen LogP contribution in [-0.4, -0.2) is 5.91 Å². The largest absolute Gasteiger partial charge is 0.399 e. The molecule has 2 aromatic carbocycles. The van der Waals surface area contributed by atoms with E-state index in [0.29, 0.717) is 6.42 Å². The molecule has 27 heavy (non-hydrogen) atoms. The highest BCUT2D eigenvalue weighted by molar-refractivity contribution is 5.90. The maximum Gasteiger partial charge on any atom is 0.224 e. The first-order valence-corrected chi connectivity index (χ1v) is 10.2. The van der Waals surface area contributed by atoms with Gasteiger partial charge in [0, 0.05) is 30.0 Å². The molecule has 0 spiro atoms. The maximum atomic E-state index is 12.0. The van der Waals surface area contributed by atoms with Crippen molar-refractivity contribution >= 4 is 23.0 Å². The average Bonchev–Trinajstić information content (AvgIpc) is 2.68. The zero-order chi connectivity index (χ0) is 19.3. The number of benzene rings is 2. The molecule has 2 rings (SSSR count). The number of hydrogen-bond donors (Lipinski definition) is 3. The van der Waals surface area contributed by atoms with Crippen LogP contribution < -0.4 is 16.4 Å². The van der Waals surface area contributed by atoms with Crippen LogP contribution in [0.1, 0.15) is 63.9 Å². The van der Waals surface area contributed by atoms with Crippen molar-refractivity contribution in [1.29, 1.82) is 0 Å². The lowest BCUT2D eigenvalue weighted by Crippen LogP contribution is -2.11. The number of nitrogen functional groups attached to an aromatic ring is 1. The molecule has 1 amide bonds. The molecule has 0 saturated carbocycles. The number of carbonyl (C=O) groups excluding carboxylic acids is 1. The molecule has 0 atom stereocenters. The van der Waals surface area contributed by atoms with Crippen LogP contribution in [0, 0.1) is 0 Å². The van der Waals surface area contributed by atoms with E-state index in [1.165, 1.54) is 37.7 Å². The molecule has 4 nitrogen and oxygen atoms in total. The Hall–Kier alpha value is -2.49. The number of hydrogen-bond acceptors (Lipinski definition) is 3. The second-order valence-corrected chi connectivity index (χ2v) is 7.09. The number of unbranched alkanes of at least 4 members (excludes halogenated alkanes) is 6. The fourth-order valence-corrected chi connectivity index (χ4v) is 2.98. The third-order valence-electron chi connectivity index (χ3n) is 4.65. The molecule has 0 saturated heterocycles. The summed E-state index contributed by atoms with van der Waals surface area (Å²) in [5, 5.41) is 6.35. The van der Waals surface area contributed by atoms with Gasteiger partial charge in [0.25, 0.3) is 0 Å². The highest BCUT2D eigenvalue weighted by Crippen LogP contribution is 2.16. The van der Waals surface area contributed by atoms with Crippen molar-refractivity contribution in [2.45, 2.75) is 64.8 Å². The van der Waals surface area contributed by atoms with Gasteiger partial charge in [-0.15, -0.1) is 0 Å². The van der Waals surface area contributed by atoms with Crippen LogP contribution in [0.15, 0.2) is 48.5 Å². The Morgan fingerprint density at radius 3 is 2.07 bits per heavy atom. The molecule has 0 aliphatic rings. The summed E-state index contributed by atoms with van der Waals surface area (Å²) in [6.45, 7) is 2.97. The number of carbonyl (C=O) groups is 1. The normalized spacial score (nSPS) is 10.6. The van der Waals surface area contributed by atoms with Gasteiger partial charge in [-0.1, -0.05) is 57.6 Å². The van der Waals surface area contributed by atoms with Gasteiger partial charge in [0.05, 0.1) is 0 Å². The summed E-state index contributed by atoms with van der Waals surface area (Å²) in [6.07, 6.45) is 9.17. The molecule has 0 fully saturated rings. The van der Waals surface area contributed by atoms with Crippen LogP contribution in [0.3, 0.4) is 0 Å². The number of nitrogens with two attached hydrogens (primary N) is 1. The quantitative estimate of drug-likeness (QED) is 0.320. The first kappa shape index (κ1) is 20.8. The lowest BCUT2D eigenvalue weighted by Gasteiger charge is -2.09. The molecule has 0 aromatic heterocycles. The zero-order valence-electron chi connectivity index (χ0n) is 16.5.